The summed E-state index contributed by atoms with van der Waals surface area (Å²) in [5.74, 6) is -0.365. The molecule has 124 valence electrons. The first-order valence-corrected chi connectivity index (χ1v) is 7.83. The molecule has 0 radical (unpaired) electrons. The van der Waals surface area contributed by atoms with Crippen molar-refractivity contribution in [1.29, 1.82) is 5.26 Å². The summed E-state index contributed by atoms with van der Waals surface area (Å²) in [4.78, 5) is 24.2. The van der Waals surface area contributed by atoms with Crippen molar-refractivity contribution in [2.45, 2.75) is 26.8 Å². The number of hydrogen-bond acceptors (Lipinski definition) is 4. The lowest BCUT2D eigenvalue weighted by Gasteiger charge is -2.11. The van der Waals surface area contributed by atoms with E-state index in [-0.39, 0.29) is 24.4 Å². The molecule has 0 aliphatic carbocycles. The van der Waals surface area contributed by atoms with Crippen molar-refractivity contribution in [1.82, 2.24) is 9.78 Å². The number of benzene rings is 1. The third-order valence-corrected chi connectivity index (χ3v) is 4.16. The predicted octanol–water partition coefficient (Wildman–Crippen LogP) is 3.07. The van der Waals surface area contributed by atoms with Gasteiger partial charge in [0.05, 0.1) is 28.0 Å². The lowest BCUT2D eigenvalue weighted by Crippen LogP contribution is -2.29. The van der Waals surface area contributed by atoms with Crippen LogP contribution in [0.3, 0.4) is 0 Å². The highest BCUT2D eigenvalue weighted by Gasteiger charge is 2.14. The third-order valence-electron chi connectivity index (χ3n) is 3.53. The molecular weight excluding hydrogens is 351 g/mol. The topological polar surface area (TPSA) is 87.8 Å². The number of aryl methyl sites for hydroxylation is 2. The zero-order chi connectivity index (χ0) is 17.9. The number of carbonyl (C=O) groups excluding carboxylic acids is 1. The van der Waals surface area contributed by atoms with Crippen molar-refractivity contribution in [2.24, 2.45) is 0 Å². The second kappa shape index (κ2) is 7.47. The number of amides is 1. The molecule has 2 rings (SSSR count). The van der Waals surface area contributed by atoms with Crippen molar-refractivity contribution in [3.63, 3.8) is 0 Å². The van der Waals surface area contributed by atoms with Crippen LogP contribution in [0.2, 0.25) is 10.0 Å². The Morgan fingerprint density at radius 1 is 1.33 bits per heavy atom. The Balaban J connectivity index is 2.15. The molecule has 24 heavy (non-hydrogen) atoms. The number of hydrogen-bond donors (Lipinski definition) is 1. The van der Waals surface area contributed by atoms with Gasteiger partial charge in [-0.1, -0.05) is 29.3 Å². The van der Waals surface area contributed by atoms with E-state index in [1.807, 2.05) is 6.07 Å². The molecule has 0 aliphatic heterocycles. The maximum absolute atomic E-state index is 12.2. The predicted molar refractivity (Wildman–Crippen MR) is 92.4 cm³/mol. The summed E-state index contributed by atoms with van der Waals surface area (Å²) in [5.41, 5.74) is 0.969. The Bertz CT molecular complexity index is 880. The molecule has 1 aromatic heterocycles. The van der Waals surface area contributed by atoms with Gasteiger partial charge < -0.3 is 5.32 Å². The number of rotatable bonds is 4. The van der Waals surface area contributed by atoms with Crippen molar-refractivity contribution >= 4 is 34.8 Å². The highest BCUT2D eigenvalue weighted by Crippen LogP contribution is 2.29. The first kappa shape index (κ1) is 18.0. The van der Waals surface area contributed by atoms with Crippen LogP contribution in [0.15, 0.2) is 23.0 Å². The van der Waals surface area contributed by atoms with E-state index in [9.17, 15) is 9.59 Å². The molecule has 1 amide bonds. The molecule has 0 spiro atoms. The number of para-hydroxylation sites is 1. The fourth-order valence-electron chi connectivity index (χ4n) is 2.08. The number of nitriles is 1. The number of halogens is 2. The van der Waals surface area contributed by atoms with E-state index < -0.39 is 5.56 Å². The van der Waals surface area contributed by atoms with E-state index in [1.54, 1.807) is 32.0 Å². The van der Waals surface area contributed by atoms with Gasteiger partial charge in [-0.25, -0.2) is 4.68 Å². The quantitative estimate of drug-likeness (QED) is 0.902. The fourth-order valence-corrected chi connectivity index (χ4v) is 2.57. The number of aromatic nitrogens is 2. The van der Waals surface area contributed by atoms with Crippen LogP contribution in [0.4, 0.5) is 5.69 Å². The molecule has 0 fully saturated rings. The van der Waals surface area contributed by atoms with Crippen LogP contribution >= 0.6 is 23.2 Å². The number of anilines is 1. The zero-order valence-electron chi connectivity index (χ0n) is 13.1. The summed E-state index contributed by atoms with van der Waals surface area (Å²) in [5, 5.41) is 16.5. The highest BCUT2D eigenvalue weighted by atomic mass is 35.5. The Labute approximate surface area is 148 Å². The minimum atomic E-state index is -0.510. The standard InChI is InChI=1S/C16H14Cl2N4O2/c1-9-10(2)21-22(16(24)11(9)8-19)7-6-14(23)20-15-12(17)4-3-5-13(15)18/h3-5H,6-7H2,1-2H3,(H,20,23). The molecule has 6 nitrogen and oxygen atoms in total. The summed E-state index contributed by atoms with van der Waals surface area (Å²) in [7, 11) is 0. The van der Waals surface area contributed by atoms with Crippen molar-refractivity contribution in [2.75, 3.05) is 5.32 Å². The second-order valence-corrected chi connectivity index (χ2v) is 5.93. The second-order valence-electron chi connectivity index (χ2n) is 5.12. The maximum Gasteiger partial charge on any atom is 0.284 e. The monoisotopic (exact) mass is 364 g/mol. The highest BCUT2D eigenvalue weighted by molar-refractivity contribution is 6.39. The van der Waals surface area contributed by atoms with Crippen LogP contribution in [0.5, 0.6) is 0 Å². The molecule has 0 aliphatic rings. The summed E-state index contributed by atoms with van der Waals surface area (Å²) in [6.07, 6.45) is -0.0121. The maximum atomic E-state index is 12.2. The summed E-state index contributed by atoms with van der Waals surface area (Å²) in [6.45, 7) is 3.41. The third kappa shape index (κ3) is 3.75. The Morgan fingerprint density at radius 2 is 1.96 bits per heavy atom. The first-order chi connectivity index (χ1) is 11.3. The number of nitrogens with zero attached hydrogens (tertiary/aromatic N) is 3. The number of carbonyl (C=O) groups is 1. The van der Waals surface area contributed by atoms with Crippen LogP contribution in [-0.4, -0.2) is 15.7 Å². The van der Waals surface area contributed by atoms with Crippen molar-refractivity contribution in [3.05, 3.63) is 55.4 Å². The smallest absolute Gasteiger partial charge is 0.284 e. The van der Waals surface area contributed by atoms with Gasteiger partial charge in [-0.3, -0.25) is 9.59 Å². The van der Waals surface area contributed by atoms with Crippen LogP contribution in [0.1, 0.15) is 23.2 Å². The van der Waals surface area contributed by atoms with E-state index in [1.165, 1.54) is 0 Å². The first-order valence-electron chi connectivity index (χ1n) is 7.07. The lowest BCUT2D eigenvalue weighted by atomic mass is 10.1. The molecule has 0 saturated heterocycles. The molecule has 0 bridgehead atoms. The largest absolute Gasteiger partial charge is 0.323 e. The van der Waals surface area contributed by atoms with Crippen molar-refractivity contribution < 1.29 is 4.79 Å². The summed E-state index contributed by atoms with van der Waals surface area (Å²) >= 11 is 12.0. The lowest BCUT2D eigenvalue weighted by molar-refractivity contribution is -0.116. The number of nitrogens with one attached hydrogen (secondary N) is 1. The van der Waals surface area contributed by atoms with E-state index in [2.05, 4.69) is 10.4 Å². The molecule has 1 aromatic carbocycles. The minimum absolute atomic E-state index is 0.0121. The summed E-state index contributed by atoms with van der Waals surface area (Å²) < 4.78 is 1.12. The molecule has 0 unspecified atom stereocenters. The fraction of sp³-hybridized carbons (Fsp3) is 0.250. The zero-order valence-corrected chi connectivity index (χ0v) is 14.6. The van der Waals surface area contributed by atoms with Gasteiger partial charge in [0.1, 0.15) is 11.6 Å². The van der Waals surface area contributed by atoms with Crippen molar-refractivity contribution in [3.8, 4) is 6.07 Å². The van der Waals surface area contributed by atoms with Gasteiger partial charge in [0.25, 0.3) is 5.56 Å². The van der Waals surface area contributed by atoms with Crippen LogP contribution in [0.25, 0.3) is 0 Å². The molecule has 0 atom stereocenters. The van der Waals surface area contributed by atoms with Gasteiger partial charge in [0.2, 0.25) is 5.91 Å². The van der Waals surface area contributed by atoms with Crippen LogP contribution in [0, 0.1) is 25.2 Å². The molecule has 1 N–H and O–H groups in total. The Hall–Kier alpha value is -2.36. The average molecular weight is 365 g/mol. The normalized spacial score (nSPS) is 10.3. The van der Waals surface area contributed by atoms with Gasteiger partial charge in [-0.15, -0.1) is 0 Å². The van der Waals surface area contributed by atoms with Gasteiger partial charge in [0.15, 0.2) is 0 Å². The van der Waals surface area contributed by atoms with Gasteiger partial charge in [-0.05, 0) is 31.5 Å². The Kier molecular flexibility index (Phi) is 5.60. The molecule has 0 saturated carbocycles. The van der Waals surface area contributed by atoms with E-state index >= 15 is 0 Å². The van der Waals surface area contributed by atoms with Crippen LogP contribution < -0.4 is 10.9 Å². The average Bonchev–Trinajstić information content (AvgIpc) is 2.54. The minimum Gasteiger partial charge on any atom is -0.323 e. The molecule has 8 heteroatoms. The molecular formula is C16H14Cl2N4O2. The van der Waals surface area contributed by atoms with Gasteiger partial charge in [-0.2, -0.15) is 10.4 Å². The van der Waals surface area contributed by atoms with E-state index in [4.69, 9.17) is 28.5 Å². The Morgan fingerprint density at radius 3 is 2.54 bits per heavy atom. The SMILES string of the molecule is Cc1nn(CCC(=O)Nc2c(Cl)cccc2Cl)c(=O)c(C#N)c1C. The summed E-state index contributed by atoms with van der Waals surface area (Å²) in [6, 6.07) is 6.76. The van der Waals surface area contributed by atoms with E-state index in [0.29, 0.717) is 27.0 Å². The molecule has 2 aromatic rings. The van der Waals surface area contributed by atoms with Gasteiger partial charge >= 0.3 is 0 Å². The van der Waals surface area contributed by atoms with Crippen LogP contribution in [-0.2, 0) is 11.3 Å². The van der Waals surface area contributed by atoms with E-state index in [0.717, 1.165) is 4.68 Å². The molecule has 1 heterocycles. The van der Waals surface area contributed by atoms with Gasteiger partial charge in [0, 0.05) is 6.42 Å².